The van der Waals surface area contributed by atoms with E-state index < -0.39 is 0 Å². The van der Waals surface area contributed by atoms with E-state index in [2.05, 4.69) is 15.4 Å². The number of ether oxygens (including phenoxy) is 2. The van der Waals surface area contributed by atoms with Gasteiger partial charge < -0.3 is 20.4 Å². The van der Waals surface area contributed by atoms with E-state index in [1.54, 1.807) is 7.11 Å². The lowest BCUT2D eigenvalue weighted by atomic mass is 10.0. The van der Waals surface area contributed by atoms with Crippen LogP contribution in [0, 0.1) is 0 Å². The summed E-state index contributed by atoms with van der Waals surface area (Å²) in [4.78, 5) is 0. The Balaban J connectivity index is 3.09. The summed E-state index contributed by atoms with van der Waals surface area (Å²) in [5.41, 5.74) is 8.01. The molecular formula is C13H22N4O3. The number of amidine groups is 1. The Morgan fingerprint density at radius 2 is 2.00 bits per heavy atom. The molecule has 0 spiro atoms. The molecule has 0 bridgehead atoms. The SMILES string of the molecule is CCc1nnc(OCCCOC)c(C(N)=NO)c1CC. The van der Waals surface area contributed by atoms with E-state index >= 15 is 0 Å². The molecule has 7 heteroatoms. The Labute approximate surface area is 118 Å². The third kappa shape index (κ3) is 3.80. The van der Waals surface area contributed by atoms with Crippen LogP contribution in [0.4, 0.5) is 0 Å². The van der Waals surface area contributed by atoms with Gasteiger partial charge in [0.25, 0.3) is 0 Å². The van der Waals surface area contributed by atoms with Crippen molar-refractivity contribution < 1.29 is 14.7 Å². The molecule has 0 radical (unpaired) electrons. The minimum absolute atomic E-state index is 0.00630. The molecule has 0 saturated heterocycles. The van der Waals surface area contributed by atoms with Crippen LogP contribution in [0.1, 0.15) is 37.1 Å². The first kappa shape index (κ1) is 16.2. The van der Waals surface area contributed by atoms with Gasteiger partial charge in [0.15, 0.2) is 5.84 Å². The molecule has 1 heterocycles. The molecule has 1 aromatic heterocycles. The van der Waals surface area contributed by atoms with Gasteiger partial charge >= 0.3 is 0 Å². The van der Waals surface area contributed by atoms with Gasteiger partial charge in [0.05, 0.1) is 17.9 Å². The number of aromatic nitrogens is 2. The fourth-order valence-electron chi connectivity index (χ4n) is 1.94. The van der Waals surface area contributed by atoms with E-state index in [1.165, 1.54) is 0 Å². The predicted molar refractivity (Wildman–Crippen MR) is 75.3 cm³/mol. The molecule has 0 aromatic carbocycles. The number of hydrogen-bond donors (Lipinski definition) is 2. The second kappa shape index (κ2) is 8.31. The summed E-state index contributed by atoms with van der Waals surface area (Å²) in [6.45, 7) is 5.00. The second-order valence-corrected chi connectivity index (χ2v) is 4.19. The highest BCUT2D eigenvalue weighted by atomic mass is 16.5. The maximum absolute atomic E-state index is 8.95. The van der Waals surface area contributed by atoms with Crippen molar-refractivity contribution in [1.82, 2.24) is 10.2 Å². The largest absolute Gasteiger partial charge is 0.476 e. The summed E-state index contributed by atoms with van der Waals surface area (Å²) in [6, 6.07) is 0. The molecule has 0 atom stereocenters. The van der Waals surface area contributed by atoms with Gasteiger partial charge in [-0.2, -0.15) is 5.10 Å². The Morgan fingerprint density at radius 1 is 1.25 bits per heavy atom. The highest BCUT2D eigenvalue weighted by Crippen LogP contribution is 2.22. The van der Waals surface area contributed by atoms with Crippen molar-refractivity contribution >= 4 is 5.84 Å². The lowest BCUT2D eigenvalue weighted by molar-refractivity contribution is 0.170. The van der Waals surface area contributed by atoms with Gasteiger partial charge in [0, 0.05) is 20.1 Å². The number of methoxy groups -OCH3 is 1. The zero-order valence-corrected chi connectivity index (χ0v) is 12.2. The molecule has 0 saturated carbocycles. The van der Waals surface area contributed by atoms with E-state index in [-0.39, 0.29) is 5.84 Å². The fourth-order valence-corrected chi connectivity index (χ4v) is 1.94. The smallest absolute Gasteiger partial charge is 0.244 e. The van der Waals surface area contributed by atoms with E-state index in [0.29, 0.717) is 31.1 Å². The minimum Gasteiger partial charge on any atom is -0.476 e. The number of aryl methyl sites for hydroxylation is 1. The normalized spacial score (nSPS) is 11.7. The average Bonchev–Trinajstić information content (AvgIpc) is 2.49. The standard InChI is InChI=1S/C13H22N4O3/c1-4-9-10(5-2)15-16-13(11(9)12(14)17-18)20-8-6-7-19-3/h18H,4-8H2,1-3H3,(H2,14,17). The summed E-state index contributed by atoms with van der Waals surface area (Å²) >= 11 is 0. The number of nitrogens with zero attached hydrogens (tertiary/aromatic N) is 3. The van der Waals surface area contributed by atoms with Crippen molar-refractivity contribution in [1.29, 1.82) is 0 Å². The average molecular weight is 282 g/mol. The zero-order chi connectivity index (χ0) is 15.0. The molecule has 0 unspecified atom stereocenters. The quantitative estimate of drug-likeness (QED) is 0.243. The third-order valence-electron chi connectivity index (χ3n) is 2.91. The summed E-state index contributed by atoms with van der Waals surface area (Å²) in [5.74, 6) is 0.290. The summed E-state index contributed by atoms with van der Waals surface area (Å²) in [7, 11) is 1.63. The topological polar surface area (TPSA) is 103 Å². The van der Waals surface area contributed by atoms with Crippen LogP contribution in [-0.2, 0) is 17.6 Å². The molecular weight excluding hydrogens is 260 g/mol. The molecule has 1 rings (SSSR count). The first-order valence-corrected chi connectivity index (χ1v) is 6.67. The Morgan fingerprint density at radius 3 is 2.55 bits per heavy atom. The molecule has 0 amide bonds. The van der Waals surface area contributed by atoms with Gasteiger partial charge in [0.2, 0.25) is 5.88 Å². The zero-order valence-electron chi connectivity index (χ0n) is 12.2. The third-order valence-corrected chi connectivity index (χ3v) is 2.91. The molecule has 112 valence electrons. The van der Waals surface area contributed by atoms with Gasteiger partial charge in [-0.25, -0.2) is 0 Å². The predicted octanol–water partition coefficient (Wildman–Crippen LogP) is 1.11. The van der Waals surface area contributed by atoms with Crippen LogP contribution in [-0.4, -0.2) is 41.6 Å². The summed E-state index contributed by atoms with van der Waals surface area (Å²) in [6.07, 6.45) is 2.16. The maximum Gasteiger partial charge on any atom is 0.244 e. The van der Waals surface area contributed by atoms with Crippen LogP contribution < -0.4 is 10.5 Å². The van der Waals surface area contributed by atoms with Gasteiger partial charge in [-0.05, 0) is 18.4 Å². The van der Waals surface area contributed by atoms with Crippen LogP contribution in [0.15, 0.2) is 5.16 Å². The van der Waals surface area contributed by atoms with Crippen molar-refractivity contribution in [3.8, 4) is 5.88 Å². The van der Waals surface area contributed by atoms with E-state index in [0.717, 1.165) is 24.1 Å². The highest BCUT2D eigenvalue weighted by Gasteiger charge is 2.19. The minimum atomic E-state index is -0.00630. The molecule has 0 aliphatic heterocycles. The Bertz CT molecular complexity index is 463. The monoisotopic (exact) mass is 282 g/mol. The van der Waals surface area contributed by atoms with Crippen molar-refractivity contribution in [3.63, 3.8) is 0 Å². The van der Waals surface area contributed by atoms with Gasteiger partial charge in [-0.3, -0.25) is 0 Å². The second-order valence-electron chi connectivity index (χ2n) is 4.19. The van der Waals surface area contributed by atoms with Gasteiger partial charge in [0.1, 0.15) is 0 Å². The Hall–Kier alpha value is -1.89. The van der Waals surface area contributed by atoms with Crippen LogP contribution in [0.25, 0.3) is 0 Å². The number of hydrogen-bond acceptors (Lipinski definition) is 6. The highest BCUT2D eigenvalue weighted by molar-refractivity contribution is 6.00. The number of oxime groups is 1. The number of rotatable bonds is 8. The Kier molecular flexibility index (Phi) is 6.72. The van der Waals surface area contributed by atoms with Crippen molar-refractivity contribution in [3.05, 3.63) is 16.8 Å². The van der Waals surface area contributed by atoms with Crippen LogP contribution >= 0.6 is 0 Å². The summed E-state index contributed by atoms with van der Waals surface area (Å²) in [5, 5.41) is 20.2. The molecule has 0 aliphatic carbocycles. The van der Waals surface area contributed by atoms with Gasteiger partial charge in [-0.15, -0.1) is 5.10 Å². The van der Waals surface area contributed by atoms with Crippen molar-refractivity contribution in [2.45, 2.75) is 33.1 Å². The number of nitrogens with two attached hydrogens (primary N) is 1. The molecule has 0 aliphatic rings. The molecule has 1 aromatic rings. The van der Waals surface area contributed by atoms with E-state index in [4.69, 9.17) is 20.4 Å². The van der Waals surface area contributed by atoms with Crippen LogP contribution in [0.3, 0.4) is 0 Å². The summed E-state index contributed by atoms with van der Waals surface area (Å²) < 4.78 is 10.5. The molecule has 7 nitrogen and oxygen atoms in total. The maximum atomic E-state index is 8.95. The molecule has 0 fully saturated rings. The lowest BCUT2D eigenvalue weighted by Crippen LogP contribution is -2.21. The first-order valence-electron chi connectivity index (χ1n) is 6.67. The molecule has 20 heavy (non-hydrogen) atoms. The first-order chi connectivity index (χ1) is 9.69. The fraction of sp³-hybridized carbons (Fsp3) is 0.615. The van der Waals surface area contributed by atoms with E-state index in [9.17, 15) is 0 Å². The van der Waals surface area contributed by atoms with Crippen molar-refractivity contribution in [2.24, 2.45) is 10.9 Å². The van der Waals surface area contributed by atoms with Crippen LogP contribution in [0.2, 0.25) is 0 Å². The van der Waals surface area contributed by atoms with E-state index in [1.807, 2.05) is 13.8 Å². The lowest BCUT2D eigenvalue weighted by Gasteiger charge is -2.14. The molecule has 3 N–H and O–H groups in total. The van der Waals surface area contributed by atoms with Crippen LogP contribution in [0.5, 0.6) is 5.88 Å². The van der Waals surface area contributed by atoms with Gasteiger partial charge in [-0.1, -0.05) is 19.0 Å². The van der Waals surface area contributed by atoms with Crippen molar-refractivity contribution in [2.75, 3.05) is 20.3 Å².